The standard InChI is InChI=1S/C16H19ClN4O/c1-4-21(5-2)16(22)14-9-15(19-10-18-14)20-13-7-6-12(17)8-11(13)3/h6-10H,4-5H2,1-3H3,(H,18,19,20). The Bertz CT molecular complexity index is 671. The topological polar surface area (TPSA) is 58.1 Å². The van der Waals surface area contributed by atoms with Crippen LogP contribution < -0.4 is 5.32 Å². The van der Waals surface area contributed by atoms with E-state index in [0.29, 0.717) is 29.6 Å². The molecule has 2 rings (SSSR count). The largest absolute Gasteiger partial charge is 0.340 e. The van der Waals surface area contributed by atoms with Gasteiger partial charge in [0, 0.05) is 29.9 Å². The van der Waals surface area contributed by atoms with Crippen LogP contribution in [0, 0.1) is 6.92 Å². The lowest BCUT2D eigenvalue weighted by Crippen LogP contribution is -2.31. The number of amides is 1. The van der Waals surface area contributed by atoms with Gasteiger partial charge in [0.15, 0.2) is 0 Å². The summed E-state index contributed by atoms with van der Waals surface area (Å²) in [6.45, 7) is 7.14. The fourth-order valence-corrected chi connectivity index (χ4v) is 2.35. The number of aromatic nitrogens is 2. The second-order valence-electron chi connectivity index (χ2n) is 4.85. The maximum absolute atomic E-state index is 12.3. The summed E-state index contributed by atoms with van der Waals surface area (Å²) in [7, 11) is 0. The van der Waals surface area contributed by atoms with Gasteiger partial charge < -0.3 is 10.2 Å². The van der Waals surface area contributed by atoms with Crippen LogP contribution in [0.15, 0.2) is 30.6 Å². The minimum atomic E-state index is -0.0942. The summed E-state index contributed by atoms with van der Waals surface area (Å²) < 4.78 is 0. The zero-order chi connectivity index (χ0) is 16.1. The highest BCUT2D eigenvalue weighted by Crippen LogP contribution is 2.22. The number of carbonyl (C=O) groups excluding carboxylic acids is 1. The Kier molecular flexibility index (Phi) is 5.33. The molecule has 0 unspecified atom stereocenters. The van der Waals surface area contributed by atoms with Crippen LogP contribution in [-0.4, -0.2) is 33.9 Å². The molecule has 0 aliphatic carbocycles. The van der Waals surface area contributed by atoms with Crippen LogP contribution in [0.5, 0.6) is 0 Å². The lowest BCUT2D eigenvalue weighted by atomic mass is 10.2. The minimum absolute atomic E-state index is 0.0942. The first-order valence-electron chi connectivity index (χ1n) is 7.19. The molecule has 0 radical (unpaired) electrons. The third kappa shape index (κ3) is 3.74. The molecular formula is C16H19ClN4O. The summed E-state index contributed by atoms with van der Waals surface area (Å²) in [4.78, 5) is 22.3. The van der Waals surface area contributed by atoms with Crippen LogP contribution in [0.25, 0.3) is 0 Å². The fraction of sp³-hybridized carbons (Fsp3) is 0.312. The average molecular weight is 319 g/mol. The van der Waals surface area contributed by atoms with Gasteiger partial charge in [-0.15, -0.1) is 0 Å². The minimum Gasteiger partial charge on any atom is -0.340 e. The van der Waals surface area contributed by atoms with Gasteiger partial charge in [0.25, 0.3) is 5.91 Å². The highest BCUT2D eigenvalue weighted by molar-refractivity contribution is 6.30. The molecule has 1 amide bonds. The van der Waals surface area contributed by atoms with Gasteiger partial charge in [0.2, 0.25) is 0 Å². The number of rotatable bonds is 5. The van der Waals surface area contributed by atoms with Crippen molar-refractivity contribution in [1.82, 2.24) is 14.9 Å². The lowest BCUT2D eigenvalue weighted by molar-refractivity contribution is 0.0767. The maximum atomic E-state index is 12.3. The molecule has 0 saturated heterocycles. The second kappa shape index (κ2) is 7.22. The number of nitrogens with zero attached hydrogens (tertiary/aromatic N) is 3. The summed E-state index contributed by atoms with van der Waals surface area (Å²) in [6.07, 6.45) is 1.39. The normalized spacial score (nSPS) is 10.4. The molecule has 116 valence electrons. The van der Waals surface area contributed by atoms with E-state index in [2.05, 4.69) is 15.3 Å². The SMILES string of the molecule is CCN(CC)C(=O)c1cc(Nc2ccc(Cl)cc2C)ncn1. The van der Waals surface area contributed by atoms with Crippen molar-refractivity contribution in [3.63, 3.8) is 0 Å². The van der Waals surface area contributed by atoms with Crippen molar-refractivity contribution in [2.75, 3.05) is 18.4 Å². The van der Waals surface area contributed by atoms with Crippen molar-refractivity contribution in [1.29, 1.82) is 0 Å². The maximum Gasteiger partial charge on any atom is 0.272 e. The predicted octanol–water partition coefficient (Wildman–Crippen LogP) is 3.66. The Balaban J connectivity index is 2.23. The Morgan fingerprint density at radius 1 is 1.23 bits per heavy atom. The van der Waals surface area contributed by atoms with Crippen LogP contribution in [-0.2, 0) is 0 Å². The number of hydrogen-bond acceptors (Lipinski definition) is 4. The molecule has 1 heterocycles. The second-order valence-corrected chi connectivity index (χ2v) is 5.29. The Labute approximate surface area is 135 Å². The van der Waals surface area contributed by atoms with E-state index in [4.69, 9.17) is 11.6 Å². The summed E-state index contributed by atoms with van der Waals surface area (Å²) in [5, 5.41) is 3.87. The Morgan fingerprint density at radius 3 is 2.59 bits per heavy atom. The van der Waals surface area contributed by atoms with E-state index < -0.39 is 0 Å². The van der Waals surface area contributed by atoms with Crippen molar-refractivity contribution in [2.45, 2.75) is 20.8 Å². The van der Waals surface area contributed by atoms with Gasteiger partial charge in [-0.05, 0) is 44.5 Å². The lowest BCUT2D eigenvalue weighted by Gasteiger charge is -2.18. The number of hydrogen-bond donors (Lipinski definition) is 1. The summed E-state index contributed by atoms with van der Waals surface area (Å²) in [5.74, 6) is 0.485. The quantitative estimate of drug-likeness (QED) is 0.914. The molecule has 0 saturated carbocycles. The average Bonchev–Trinajstić information content (AvgIpc) is 2.51. The van der Waals surface area contributed by atoms with E-state index in [0.717, 1.165) is 11.3 Å². The number of aryl methyl sites for hydroxylation is 1. The number of anilines is 2. The molecular weight excluding hydrogens is 300 g/mol. The molecule has 0 spiro atoms. The highest BCUT2D eigenvalue weighted by Gasteiger charge is 2.14. The molecule has 6 heteroatoms. The molecule has 1 aromatic carbocycles. The first kappa shape index (κ1) is 16.2. The van der Waals surface area contributed by atoms with Crippen LogP contribution in [0.4, 0.5) is 11.5 Å². The van der Waals surface area contributed by atoms with E-state index in [9.17, 15) is 4.79 Å². The van der Waals surface area contributed by atoms with Gasteiger partial charge in [-0.3, -0.25) is 4.79 Å². The van der Waals surface area contributed by atoms with Crippen molar-refractivity contribution >= 4 is 29.0 Å². The summed E-state index contributed by atoms with van der Waals surface area (Å²) in [5.41, 5.74) is 2.28. The van der Waals surface area contributed by atoms with Crippen LogP contribution in [0.2, 0.25) is 5.02 Å². The molecule has 0 aliphatic rings. The van der Waals surface area contributed by atoms with Gasteiger partial charge in [-0.25, -0.2) is 9.97 Å². The Hall–Kier alpha value is -2.14. The zero-order valence-corrected chi connectivity index (χ0v) is 13.7. The van der Waals surface area contributed by atoms with Gasteiger partial charge in [-0.1, -0.05) is 11.6 Å². The number of nitrogens with one attached hydrogen (secondary N) is 1. The number of benzene rings is 1. The van der Waals surface area contributed by atoms with E-state index in [1.165, 1.54) is 6.33 Å². The zero-order valence-electron chi connectivity index (χ0n) is 12.9. The van der Waals surface area contributed by atoms with Crippen molar-refractivity contribution in [3.05, 3.63) is 46.9 Å². The Morgan fingerprint density at radius 2 is 1.95 bits per heavy atom. The summed E-state index contributed by atoms with van der Waals surface area (Å²) >= 11 is 5.95. The molecule has 1 N–H and O–H groups in total. The molecule has 22 heavy (non-hydrogen) atoms. The van der Waals surface area contributed by atoms with Gasteiger partial charge in [-0.2, -0.15) is 0 Å². The van der Waals surface area contributed by atoms with Crippen LogP contribution in [0.1, 0.15) is 29.9 Å². The molecule has 1 aromatic heterocycles. The van der Waals surface area contributed by atoms with E-state index in [1.54, 1.807) is 17.0 Å². The molecule has 0 aliphatic heterocycles. The molecule has 5 nitrogen and oxygen atoms in total. The van der Waals surface area contributed by atoms with Crippen molar-refractivity contribution in [2.24, 2.45) is 0 Å². The predicted molar refractivity (Wildman–Crippen MR) is 88.8 cm³/mol. The van der Waals surface area contributed by atoms with Crippen molar-refractivity contribution < 1.29 is 4.79 Å². The number of carbonyl (C=O) groups is 1. The third-order valence-electron chi connectivity index (χ3n) is 3.39. The van der Waals surface area contributed by atoms with E-state index >= 15 is 0 Å². The highest BCUT2D eigenvalue weighted by atomic mass is 35.5. The molecule has 2 aromatic rings. The molecule has 0 atom stereocenters. The van der Waals surface area contributed by atoms with Crippen LogP contribution >= 0.6 is 11.6 Å². The van der Waals surface area contributed by atoms with Gasteiger partial charge >= 0.3 is 0 Å². The van der Waals surface area contributed by atoms with E-state index in [1.807, 2.05) is 32.9 Å². The van der Waals surface area contributed by atoms with Crippen molar-refractivity contribution in [3.8, 4) is 0 Å². The van der Waals surface area contributed by atoms with Gasteiger partial charge in [0.1, 0.15) is 17.8 Å². The van der Waals surface area contributed by atoms with Crippen LogP contribution in [0.3, 0.4) is 0 Å². The summed E-state index contributed by atoms with van der Waals surface area (Å²) in [6, 6.07) is 7.22. The molecule has 0 bridgehead atoms. The molecule has 0 fully saturated rings. The third-order valence-corrected chi connectivity index (χ3v) is 3.62. The van der Waals surface area contributed by atoms with Gasteiger partial charge in [0.05, 0.1) is 0 Å². The first-order chi connectivity index (χ1) is 10.5. The monoisotopic (exact) mass is 318 g/mol. The number of halogens is 1. The fourth-order valence-electron chi connectivity index (χ4n) is 2.12. The smallest absolute Gasteiger partial charge is 0.272 e. The van der Waals surface area contributed by atoms with E-state index in [-0.39, 0.29) is 5.91 Å². The first-order valence-corrected chi connectivity index (χ1v) is 7.57.